The number of nitrogens with zero attached hydrogens (tertiary/aromatic N) is 2. The second-order valence-electron chi connectivity index (χ2n) is 5.51. The van der Waals surface area contributed by atoms with Gasteiger partial charge in [0.15, 0.2) is 0 Å². The maximum absolute atomic E-state index is 6.11. The minimum atomic E-state index is -0.0161. The summed E-state index contributed by atoms with van der Waals surface area (Å²) < 4.78 is 12.0. The number of hydrogen-bond donors (Lipinski definition) is 1. The molecule has 1 fully saturated rings. The normalized spacial score (nSPS) is 22.5. The molecule has 2 N–H and O–H groups in total. The number of ether oxygens (including phenoxy) is 1. The van der Waals surface area contributed by atoms with E-state index in [1.807, 2.05) is 26.0 Å². The third kappa shape index (κ3) is 2.88. The first kappa shape index (κ1) is 14.7. The molecule has 21 heavy (non-hydrogen) atoms. The van der Waals surface area contributed by atoms with Gasteiger partial charge in [0.2, 0.25) is 11.7 Å². The van der Waals surface area contributed by atoms with Crippen LogP contribution in [0, 0.1) is 13.8 Å². The molecule has 0 amide bonds. The van der Waals surface area contributed by atoms with E-state index >= 15 is 0 Å². The zero-order valence-corrected chi connectivity index (χ0v) is 13.7. The Hall–Kier alpha value is -1.24. The summed E-state index contributed by atoms with van der Waals surface area (Å²) in [4.78, 5) is 4.51. The summed E-state index contributed by atoms with van der Waals surface area (Å²) in [5.74, 6) is 1.15. The number of halogens is 1. The van der Waals surface area contributed by atoms with Crippen LogP contribution in [0.1, 0.15) is 29.4 Å². The monoisotopic (exact) mass is 351 g/mol. The van der Waals surface area contributed by atoms with Gasteiger partial charge in [-0.2, -0.15) is 4.98 Å². The van der Waals surface area contributed by atoms with Crippen LogP contribution in [0.25, 0.3) is 11.4 Å². The van der Waals surface area contributed by atoms with E-state index in [1.54, 1.807) is 0 Å². The molecule has 2 heterocycles. The Labute approximate surface area is 132 Å². The standard InChI is InChI=1S/C15H18BrN3O2/c1-8-5-10(6-9(2)13(8)16)14-18-15(21-19-14)11-7-20-4-3-12(11)17/h5-6,11-12H,3-4,7,17H2,1-2H3. The number of hydrogen-bond acceptors (Lipinski definition) is 5. The zero-order valence-electron chi connectivity index (χ0n) is 12.1. The van der Waals surface area contributed by atoms with E-state index in [4.69, 9.17) is 15.0 Å². The average molecular weight is 352 g/mol. The van der Waals surface area contributed by atoms with Crippen LogP contribution >= 0.6 is 15.9 Å². The fraction of sp³-hybridized carbons (Fsp3) is 0.467. The molecule has 112 valence electrons. The van der Waals surface area contributed by atoms with Gasteiger partial charge < -0.3 is 15.0 Å². The van der Waals surface area contributed by atoms with Gasteiger partial charge in [0.1, 0.15) is 0 Å². The lowest BCUT2D eigenvalue weighted by atomic mass is 9.97. The second kappa shape index (κ2) is 5.87. The molecule has 1 aromatic carbocycles. The lowest BCUT2D eigenvalue weighted by Crippen LogP contribution is -2.37. The van der Waals surface area contributed by atoms with Crippen LogP contribution in [-0.4, -0.2) is 29.4 Å². The van der Waals surface area contributed by atoms with E-state index in [0.29, 0.717) is 24.9 Å². The van der Waals surface area contributed by atoms with E-state index in [2.05, 4.69) is 26.1 Å². The Balaban J connectivity index is 1.91. The quantitative estimate of drug-likeness (QED) is 0.900. The van der Waals surface area contributed by atoms with Crippen LogP contribution < -0.4 is 5.73 Å². The molecule has 3 rings (SSSR count). The first-order valence-electron chi connectivity index (χ1n) is 7.00. The van der Waals surface area contributed by atoms with Gasteiger partial charge in [-0.05, 0) is 43.5 Å². The average Bonchev–Trinajstić information content (AvgIpc) is 2.94. The maximum Gasteiger partial charge on any atom is 0.233 e. The van der Waals surface area contributed by atoms with Gasteiger partial charge in [-0.3, -0.25) is 0 Å². The Morgan fingerprint density at radius 3 is 2.67 bits per heavy atom. The third-order valence-corrected chi connectivity index (χ3v) is 5.11. The summed E-state index contributed by atoms with van der Waals surface area (Å²) in [5, 5.41) is 4.10. The molecule has 6 heteroatoms. The molecule has 0 aliphatic carbocycles. The molecular formula is C15H18BrN3O2. The van der Waals surface area contributed by atoms with Crippen molar-refractivity contribution in [2.75, 3.05) is 13.2 Å². The number of aryl methyl sites for hydroxylation is 2. The molecule has 2 aromatic rings. The van der Waals surface area contributed by atoms with Crippen molar-refractivity contribution in [2.45, 2.75) is 32.2 Å². The Morgan fingerprint density at radius 2 is 2.00 bits per heavy atom. The van der Waals surface area contributed by atoms with Crippen LogP contribution in [0.2, 0.25) is 0 Å². The Kier molecular flexibility index (Phi) is 4.10. The van der Waals surface area contributed by atoms with Crippen LogP contribution in [0.5, 0.6) is 0 Å². The molecule has 1 aliphatic rings. The SMILES string of the molecule is Cc1cc(-c2noc(C3COCCC3N)n2)cc(C)c1Br. The summed E-state index contributed by atoms with van der Waals surface area (Å²) in [6.45, 7) is 5.34. The van der Waals surface area contributed by atoms with Crippen molar-refractivity contribution < 1.29 is 9.26 Å². The summed E-state index contributed by atoms with van der Waals surface area (Å²) >= 11 is 3.56. The van der Waals surface area contributed by atoms with E-state index < -0.39 is 0 Å². The van der Waals surface area contributed by atoms with Crippen molar-refractivity contribution in [2.24, 2.45) is 5.73 Å². The minimum absolute atomic E-state index is 0.0143. The van der Waals surface area contributed by atoms with Crippen molar-refractivity contribution in [1.29, 1.82) is 0 Å². The summed E-state index contributed by atoms with van der Waals surface area (Å²) in [6, 6.07) is 4.10. The van der Waals surface area contributed by atoms with Crippen molar-refractivity contribution >= 4 is 15.9 Å². The first-order chi connectivity index (χ1) is 10.1. The molecule has 1 aliphatic heterocycles. The highest BCUT2D eigenvalue weighted by Crippen LogP contribution is 2.29. The lowest BCUT2D eigenvalue weighted by Gasteiger charge is -2.25. The van der Waals surface area contributed by atoms with E-state index in [-0.39, 0.29) is 12.0 Å². The Bertz CT molecular complexity index is 633. The van der Waals surface area contributed by atoms with Crippen LogP contribution in [0.3, 0.4) is 0 Å². The van der Waals surface area contributed by atoms with E-state index in [0.717, 1.165) is 27.6 Å². The lowest BCUT2D eigenvalue weighted by molar-refractivity contribution is 0.0590. The molecular weight excluding hydrogens is 334 g/mol. The molecule has 5 nitrogen and oxygen atoms in total. The van der Waals surface area contributed by atoms with Gasteiger partial charge in [0.25, 0.3) is 0 Å². The predicted molar refractivity (Wildman–Crippen MR) is 83.1 cm³/mol. The van der Waals surface area contributed by atoms with Crippen molar-refractivity contribution in [1.82, 2.24) is 10.1 Å². The van der Waals surface area contributed by atoms with Crippen molar-refractivity contribution in [3.05, 3.63) is 33.6 Å². The molecule has 2 unspecified atom stereocenters. The van der Waals surface area contributed by atoms with Crippen LogP contribution in [0.4, 0.5) is 0 Å². The molecule has 0 spiro atoms. The predicted octanol–water partition coefficient (Wildman–Crippen LogP) is 2.95. The van der Waals surface area contributed by atoms with Gasteiger partial charge in [0.05, 0.1) is 12.5 Å². The molecule has 0 radical (unpaired) electrons. The summed E-state index contributed by atoms with van der Waals surface area (Å²) in [7, 11) is 0. The van der Waals surface area contributed by atoms with Crippen molar-refractivity contribution in [3.8, 4) is 11.4 Å². The molecule has 2 atom stereocenters. The van der Waals surface area contributed by atoms with Gasteiger partial charge in [-0.15, -0.1) is 0 Å². The summed E-state index contributed by atoms with van der Waals surface area (Å²) in [5.41, 5.74) is 9.36. The highest BCUT2D eigenvalue weighted by molar-refractivity contribution is 9.10. The minimum Gasteiger partial charge on any atom is -0.381 e. The van der Waals surface area contributed by atoms with Gasteiger partial charge in [-0.25, -0.2) is 0 Å². The fourth-order valence-corrected chi connectivity index (χ4v) is 2.82. The highest BCUT2D eigenvalue weighted by atomic mass is 79.9. The zero-order chi connectivity index (χ0) is 15.0. The number of rotatable bonds is 2. The largest absolute Gasteiger partial charge is 0.381 e. The summed E-state index contributed by atoms with van der Waals surface area (Å²) in [6.07, 6.45) is 0.818. The fourth-order valence-electron chi connectivity index (χ4n) is 2.59. The van der Waals surface area contributed by atoms with E-state index in [9.17, 15) is 0 Å². The molecule has 1 saturated heterocycles. The van der Waals surface area contributed by atoms with E-state index in [1.165, 1.54) is 0 Å². The number of aromatic nitrogens is 2. The second-order valence-corrected chi connectivity index (χ2v) is 6.31. The van der Waals surface area contributed by atoms with Gasteiger partial charge >= 0.3 is 0 Å². The smallest absolute Gasteiger partial charge is 0.233 e. The maximum atomic E-state index is 6.11. The Morgan fingerprint density at radius 1 is 1.29 bits per heavy atom. The number of benzene rings is 1. The molecule has 0 bridgehead atoms. The van der Waals surface area contributed by atoms with Crippen LogP contribution in [-0.2, 0) is 4.74 Å². The molecule has 1 aromatic heterocycles. The van der Waals surface area contributed by atoms with Crippen molar-refractivity contribution in [3.63, 3.8) is 0 Å². The first-order valence-corrected chi connectivity index (χ1v) is 7.79. The van der Waals surface area contributed by atoms with Gasteiger partial charge in [0, 0.05) is 22.7 Å². The number of nitrogens with two attached hydrogens (primary N) is 1. The highest BCUT2D eigenvalue weighted by Gasteiger charge is 2.29. The third-order valence-electron chi connectivity index (χ3n) is 3.86. The van der Waals surface area contributed by atoms with Crippen LogP contribution in [0.15, 0.2) is 21.1 Å². The van der Waals surface area contributed by atoms with Gasteiger partial charge in [-0.1, -0.05) is 21.1 Å². The topological polar surface area (TPSA) is 74.2 Å². The molecule has 0 saturated carbocycles.